The smallest absolute Gasteiger partial charge is 0.220 e. The summed E-state index contributed by atoms with van der Waals surface area (Å²) in [5.41, 5.74) is 0.340. The normalized spacial score (nSPS) is 49.4. The molecule has 2 nitrogen and oxygen atoms in total. The van der Waals surface area contributed by atoms with Gasteiger partial charge in [-0.15, -0.1) is 0 Å². The van der Waals surface area contributed by atoms with Gasteiger partial charge in [-0.3, -0.25) is 4.79 Å². The van der Waals surface area contributed by atoms with Crippen LogP contribution >= 0.6 is 15.9 Å². The molecule has 4 bridgehead atoms. The first-order chi connectivity index (χ1) is 8.54. The molecule has 1 N–H and O–H groups in total. The number of alkyl halides is 1. The number of nitrogens with one attached hydrogen (secondary N) is 1. The van der Waals surface area contributed by atoms with Crippen molar-refractivity contribution in [3.8, 4) is 0 Å². The van der Waals surface area contributed by atoms with Crippen molar-refractivity contribution in [1.82, 2.24) is 5.32 Å². The van der Waals surface area contributed by atoms with Gasteiger partial charge in [-0.1, -0.05) is 15.9 Å². The molecular formula is C15H22BrNO. The molecule has 0 saturated heterocycles. The highest BCUT2D eigenvalue weighted by Crippen LogP contribution is 2.65. The SMILES string of the molecule is O=C(CC12C[C@@H]3C[C@H](CC(Br)(C3)C1)C2)NC1CC1. The van der Waals surface area contributed by atoms with Crippen LogP contribution in [0.3, 0.4) is 0 Å². The third-order valence-electron chi connectivity index (χ3n) is 5.59. The lowest BCUT2D eigenvalue weighted by Crippen LogP contribution is -2.54. The molecule has 0 aromatic heterocycles. The zero-order valence-corrected chi connectivity index (χ0v) is 12.5. The Bertz CT molecular complexity index is 376. The molecule has 18 heavy (non-hydrogen) atoms. The van der Waals surface area contributed by atoms with E-state index in [1.54, 1.807) is 0 Å². The van der Waals surface area contributed by atoms with Gasteiger partial charge >= 0.3 is 0 Å². The Labute approximate surface area is 117 Å². The maximum Gasteiger partial charge on any atom is 0.220 e. The topological polar surface area (TPSA) is 29.1 Å². The monoisotopic (exact) mass is 311 g/mol. The van der Waals surface area contributed by atoms with E-state index in [0.29, 0.717) is 21.7 Å². The van der Waals surface area contributed by atoms with Gasteiger partial charge in [0.1, 0.15) is 0 Å². The quantitative estimate of drug-likeness (QED) is 0.795. The van der Waals surface area contributed by atoms with Crippen molar-refractivity contribution in [2.45, 2.75) is 68.2 Å². The Balaban J connectivity index is 1.50. The molecule has 0 radical (unpaired) electrons. The Morgan fingerprint density at radius 3 is 2.39 bits per heavy atom. The minimum Gasteiger partial charge on any atom is -0.353 e. The highest BCUT2D eigenvalue weighted by Gasteiger charge is 2.57. The molecule has 0 heterocycles. The van der Waals surface area contributed by atoms with Crippen molar-refractivity contribution >= 4 is 21.8 Å². The first-order valence-electron chi connectivity index (χ1n) is 7.53. The second-order valence-corrected chi connectivity index (χ2v) is 9.31. The number of hydrogen-bond donors (Lipinski definition) is 1. The maximum atomic E-state index is 12.2. The Morgan fingerprint density at radius 2 is 1.83 bits per heavy atom. The van der Waals surface area contributed by atoms with Gasteiger partial charge in [-0.2, -0.15) is 0 Å². The summed E-state index contributed by atoms with van der Waals surface area (Å²) in [6.07, 6.45) is 11.2. The van der Waals surface area contributed by atoms with E-state index in [9.17, 15) is 4.79 Å². The van der Waals surface area contributed by atoms with E-state index < -0.39 is 0 Å². The van der Waals surface area contributed by atoms with Crippen LogP contribution in [0.2, 0.25) is 0 Å². The van der Waals surface area contributed by atoms with E-state index >= 15 is 0 Å². The number of hydrogen-bond acceptors (Lipinski definition) is 1. The average molecular weight is 312 g/mol. The fourth-order valence-electron chi connectivity index (χ4n) is 5.39. The van der Waals surface area contributed by atoms with Gasteiger partial charge in [0.05, 0.1) is 0 Å². The van der Waals surface area contributed by atoms with E-state index in [0.717, 1.165) is 18.3 Å². The fourth-order valence-corrected chi connectivity index (χ4v) is 6.90. The first-order valence-corrected chi connectivity index (χ1v) is 8.32. The van der Waals surface area contributed by atoms with Gasteiger partial charge in [0.2, 0.25) is 5.91 Å². The third kappa shape index (κ3) is 2.03. The van der Waals surface area contributed by atoms with Crippen LogP contribution in [0.4, 0.5) is 0 Å². The molecule has 0 unspecified atom stereocenters. The van der Waals surface area contributed by atoms with Crippen LogP contribution in [0.25, 0.3) is 0 Å². The summed E-state index contributed by atoms with van der Waals surface area (Å²) in [5, 5.41) is 3.19. The molecule has 5 fully saturated rings. The fraction of sp³-hybridized carbons (Fsp3) is 0.933. The van der Waals surface area contributed by atoms with Crippen molar-refractivity contribution in [3.05, 3.63) is 0 Å². The van der Waals surface area contributed by atoms with Gasteiger partial charge in [-0.25, -0.2) is 0 Å². The van der Waals surface area contributed by atoms with Crippen LogP contribution < -0.4 is 5.32 Å². The van der Waals surface area contributed by atoms with E-state index in [-0.39, 0.29) is 0 Å². The van der Waals surface area contributed by atoms with Gasteiger partial charge < -0.3 is 5.32 Å². The van der Waals surface area contributed by atoms with E-state index in [4.69, 9.17) is 0 Å². The molecule has 0 spiro atoms. The highest BCUT2D eigenvalue weighted by molar-refractivity contribution is 9.10. The van der Waals surface area contributed by atoms with Crippen LogP contribution in [0.1, 0.15) is 57.8 Å². The van der Waals surface area contributed by atoms with E-state index in [1.165, 1.54) is 51.4 Å². The summed E-state index contributed by atoms with van der Waals surface area (Å²) in [5.74, 6) is 2.11. The predicted octanol–water partition coefficient (Wildman–Crippen LogP) is 3.39. The standard InChI is InChI=1S/C15H22BrNO/c16-15-6-10-3-11(7-15)5-14(4-10,9-15)8-13(18)17-12-1-2-12/h10-12H,1-9H2,(H,17,18)/t10-,11-,14?,15?/m0/s1. The molecule has 100 valence electrons. The molecule has 5 rings (SSSR count). The van der Waals surface area contributed by atoms with Crippen LogP contribution in [0, 0.1) is 17.3 Å². The van der Waals surface area contributed by atoms with Crippen molar-refractivity contribution in [2.75, 3.05) is 0 Å². The number of rotatable bonds is 3. The van der Waals surface area contributed by atoms with Crippen LogP contribution in [-0.4, -0.2) is 16.3 Å². The lowest BCUT2D eigenvalue weighted by atomic mass is 9.48. The maximum absolute atomic E-state index is 12.2. The largest absolute Gasteiger partial charge is 0.353 e. The summed E-state index contributed by atoms with van der Waals surface area (Å²) in [7, 11) is 0. The minimum absolute atomic E-state index is 0.329. The molecular weight excluding hydrogens is 290 g/mol. The summed E-state index contributed by atoms with van der Waals surface area (Å²) in [4.78, 5) is 12.2. The second-order valence-electron chi connectivity index (χ2n) is 7.63. The first kappa shape index (κ1) is 11.7. The highest BCUT2D eigenvalue weighted by atomic mass is 79.9. The molecule has 0 aliphatic heterocycles. The molecule has 5 aliphatic rings. The summed E-state index contributed by atoms with van der Waals surface area (Å²) in [6.45, 7) is 0. The molecule has 0 aromatic carbocycles. The van der Waals surface area contributed by atoms with Crippen LogP contribution in [0.15, 0.2) is 0 Å². The van der Waals surface area contributed by atoms with Gasteiger partial charge in [0, 0.05) is 16.8 Å². The van der Waals surface area contributed by atoms with E-state index in [2.05, 4.69) is 21.2 Å². The molecule has 1 amide bonds. The van der Waals surface area contributed by atoms with Crippen molar-refractivity contribution in [2.24, 2.45) is 17.3 Å². The Kier molecular flexibility index (Phi) is 2.44. The van der Waals surface area contributed by atoms with Crippen molar-refractivity contribution in [3.63, 3.8) is 0 Å². The van der Waals surface area contributed by atoms with Crippen molar-refractivity contribution < 1.29 is 4.79 Å². The summed E-state index contributed by atoms with van der Waals surface area (Å²) >= 11 is 4.01. The second kappa shape index (κ2) is 3.74. The van der Waals surface area contributed by atoms with Gasteiger partial charge in [0.25, 0.3) is 0 Å². The predicted molar refractivity (Wildman–Crippen MR) is 74.6 cm³/mol. The average Bonchev–Trinajstić information content (AvgIpc) is 2.95. The molecule has 3 heteroatoms. The Hall–Kier alpha value is -0.0500. The minimum atomic E-state index is 0.329. The number of halogens is 1. The molecule has 5 saturated carbocycles. The lowest BCUT2D eigenvalue weighted by Gasteiger charge is -2.60. The summed E-state index contributed by atoms with van der Waals surface area (Å²) in [6, 6.07) is 0.518. The molecule has 0 aromatic rings. The number of amides is 1. The molecule has 2 atom stereocenters. The van der Waals surface area contributed by atoms with Crippen LogP contribution in [0.5, 0.6) is 0 Å². The van der Waals surface area contributed by atoms with Crippen molar-refractivity contribution in [1.29, 1.82) is 0 Å². The van der Waals surface area contributed by atoms with Gasteiger partial charge in [-0.05, 0) is 68.6 Å². The van der Waals surface area contributed by atoms with Crippen LogP contribution in [-0.2, 0) is 4.79 Å². The molecule has 5 aliphatic carbocycles. The third-order valence-corrected chi connectivity index (χ3v) is 6.52. The zero-order chi connectivity index (χ0) is 12.4. The zero-order valence-electron chi connectivity index (χ0n) is 10.9. The van der Waals surface area contributed by atoms with E-state index in [1.807, 2.05) is 0 Å². The Morgan fingerprint density at radius 1 is 1.17 bits per heavy atom. The number of carbonyl (C=O) groups is 1. The number of carbonyl (C=O) groups excluding carboxylic acids is 1. The summed E-state index contributed by atoms with van der Waals surface area (Å²) < 4.78 is 0.386. The lowest BCUT2D eigenvalue weighted by molar-refractivity contribution is -0.128. The van der Waals surface area contributed by atoms with Gasteiger partial charge in [0.15, 0.2) is 0 Å².